The first-order valence-electron chi connectivity index (χ1n) is 7.69. The van der Waals surface area contributed by atoms with Gasteiger partial charge in [0.1, 0.15) is 17.8 Å². The van der Waals surface area contributed by atoms with Crippen LogP contribution < -0.4 is 9.47 Å². The second-order valence-corrected chi connectivity index (χ2v) is 5.35. The molecule has 0 radical (unpaired) electrons. The van der Waals surface area contributed by atoms with E-state index >= 15 is 0 Å². The SMILES string of the molecule is COc1ccc(CN(C(=O)COc2ccccc2)C(C)C=O)cc1. The fraction of sp³-hybridized carbons (Fsp3) is 0.263. The van der Waals surface area contributed by atoms with Crippen LogP contribution in [-0.4, -0.2) is 36.9 Å². The average molecular weight is 327 g/mol. The summed E-state index contributed by atoms with van der Waals surface area (Å²) in [5, 5.41) is 0. The summed E-state index contributed by atoms with van der Waals surface area (Å²) in [5.41, 5.74) is 0.914. The molecule has 2 rings (SSSR count). The van der Waals surface area contributed by atoms with Crippen molar-refractivity contribution in [3.05, 3.63) is 60.2 Å². The van der Waals surface area contributed by atoms with Gasteiger partial charge >= 0.3 is 0 Å². The molecule has 0 heterocycles. The first-order chi connectivity index (χ1) is 11.6. The summed E-state index contributed by atoms with van der Waals surface area (Å²) >= 11 is 0. The lowest BCUT2D eigenvalue weighted by Crippen LogP contribution is -2.41. The molecule has 0 aliphatic carbocycles. The second-order valence-electron chi connectivity index (χ2n) is 5.35. The molecule has 1 unspecified atom stereocenters. The summed E-state index contributed by atoms with van der Waals surface area (Å²) in [6.07, 6.45) is 0.754. The van der Waals surface area contributed by atoms with Crippen LogP contribution in [0, 0.1) is 0 Å². The normalized spacial score (nSPS) is 11.4. The van der Waals surface area contributed by atoms with E-state index in [1.54, 1.807) is 26.2 Å². The summed E-state index contributed by atoms with van der Waals surface area (Å²) in [4.78, 5) is 25.1. The Morgan fingerprint density at radius 2 is 1.75 bits per heavy atom. The van der Waals surface area contributed by atoms with Crippen LogP contribution in [0.15, 0.2) is 54.6 Å². The Hall–Kier alpha value is -2.82. The number of carbonyl (C=O) groups excluding carboxylic acids is 2. The van der Waals surface area contributed by atoms with E-state index in [0.717, 1.165) is 17.6 Å². The largest absolute Gasteiger partial charge is 0.497 e. The Kier molecular flexibility index (Phi) is 6.37. The smallest absolute Gasteiger partial charge is 0.261 e. The number of rotatable bonds is 8. The number of para-hydroxylation sites is 1. The molecule has 0 aliphatic rings. The zero-order valence-corrected chi connectivity index (χ0v) is 13.8. The summed E-state index contributed by atoms with van der Waals surface area (Å²) < 4.78 is 10.6. The van der Waals surface area contributed by atoms with Crippen molar-refractivity contribution in [2.75, 3.05) is 13.7 Å². The van der Waals surface area contributed by atoms with Crippen LogP contribution in [0.2, 0.25) is 0 Å². The summed E-state index contributed by atoms with van der Waals surface area (Å²) in [6, 6.07) is 16.0. The Labute approximate surface area is 141 Å². The average Bonchev–Trinajstić information content (AvgIpc) is 2.65. The van der Waals surface area contributed by atoms with Crippen molar-refractivity contribution in [3.8, 4) is 11.5 Å². The van der Waals surface area contributed by atoms with Crippen molar-refractivity contribution in [2.24, 2.45) is 0 Å². The third-order valence-corrected chi connectivity index (χ3v) is 3.63. The first kappa shape index (κ1) is 17.5. The van der Waals surface area contributed by atoms with Gasteiger partial charge in [-0.15, -0.1) is 0 Å². The van der Waals surface area contributed by atoms with Gasteiger partial charge in [-0.1, -0.05) is 30.3 Å². The Bertz CT molecular complexity index is 655. The van der Waals surface area contributed by atoms with Crippen LogP contribution in [0.1, 0.15) is 12.5 Å². The first-order valence-corrected chi connectivity index (χ1v) is 7.69. The number of nitrogens with zero attached hydrogens (tertiary/aromatic N) is 1. The van der Waals surface area contributed by atoms with E-state index < -0.39 is 6.04 Å². The predicted octanol–water partition coefficient (Wildman–Crippen LogP) is 2.69. The van der Waals surface area contributed by atoms with Gasteiger partial charge in [-0.2, -0.15) is 0 Å². The molecule has 5 nitrogen and oxygen atoms in total. The molecule has 0 N–H and O–H groups in total. The molecule has 2 aromatic rings. The summed E-state index contributed by atoms with van der Waals surface area (Å²) in [5.74, 6) is 1.12. The molecular weight excluding hydrogens is 306 g/mol. The molecule has 1 amide bonds. The molecule has 0 spiro atoms. The van der Waals surface area contributed by atoms with E-state index in [-0.39, 0.29) is 12.5 Å². The van der Waals surface area contributed by atoms with E-state index in [9.17, 15) is 9.59 Å². The number of benzene rings is 2. The van der Waals surface area contributed by atoms with Crippen LogP contribution in [0.4, 0.5) is 0 Å². The monoisotopic (exact) mass is 327 g/mol. The van der Waals surface area contributed by atoms with Crippen LogP contribution >= 0.6 is 0 Å². The van der Waals surface area contributed by atoms with E-state index in [2.05, 4.69) is 0 Å². The number of amides is 1. The minimum absolute atomic E-state index is 0.113. The standard InChI is InChI=1S/C19H21NO4/c1-15(13-21)20(12-16-8-10-17(23-2)11-9-16)19(22)14-24-18-6-4-3-5-7-18/h3-11,13,15H,12,14H2,1-2H3. The zero-order chi connectivity index (χ0) is 17.4. The van der Waals surface area contributed by atoms with Gasteiger partial charge in [-0.25, -0.2) is 0 Å². The summed E-state index contributed by atoms with van der Waals surface area (Å²) in [6.45, 7) is 1.91. The molecule has 0 bridgehead atoms. The van der Waals surface area contributed by atoms with Crippen molar-refractivity contribution < 1.29 is 19.1 Å². The Morgan fingerprint density at radius 3 is 2.33 bits per heavy atom. The Balaban J connectivity index is 2.03. The van der Waals surface area contributed by atoms with Gasteiger partial charge in [0.05, 0.1) is 13.2 Å². The molecule has 0 saturated carbocycles. The molecule has 0 saturated heterocycles. The maximum absolute atomic E-state index is 12.5. The van der Waals surface area contributed by atoms with Gasteiger partial charge in [-0.3, -0.25) is 4.79 Å². The maximum Gasteiger partial charge on any atom is 0.261 e. The molecule has 0 aromatic heterocycles. The molecule has 0 aliphatic heterocycles. The van der Waals surface area contributed by atoms with Crippen molar-refractivity contribution >= 4 is 12.2 Å². The van der Waals surface area contributed by atoms with E-state index in [0.29, 0.717) is 12.3 Å². The molecule has 5 heteroatoms. The molecule has 1 atom stereocenters. The minimum Gasteiger partial charge on any atom is -0.497 e. The van der Waals surface area contributed by atoms with Gasteiger partial charge in [0, 0.05) is 6.54 Å². The fourth-order valence-electron chi connectivity index (χ4n) is 2.21. The number of hydrogen-bond acceptors (Lipinski definition) is 4. The highest BCUT2D eigenvalue weighted by molar-refractivity contribution is 5.81. The fourth-order valence-corrected chi connectivity index (χ4v) is 2.21. The highest BCUT2D eigenvalue weighted by atomic mass is 16.5. The van der Waals surface area contributed by atoms with Crippen molar-refractivity contribution in [2.45, 2.75) is 19.5 Å². The molecular formula is C19H21NO4. The van der Waals surface area contributed by atoms with Crippen molar-refractivity contribution in [3.63, 3.8) is 0 Å². The molecule has 126 valence electrons. The highest BCUT2D eigenvalue weighted by Crippen LogP contribution is 2.15. The third kappa shape index (κ3) is 4.84. The van der Waals surface area contributed by atoms with Gasteiger partial charge < -0.3 is 19.2 Å². The number of methoxy groups -OCH3 is 1. The lowest BCUT2D eigenvalue weighted by Gasteiger charge is -2.26. The highest BCUT2D eigenvalue weighted by Gasteiger charge is 2.20. The summed E-state index contributed by atoms with van der Waals surface area (Å²) in [7, 11) is 1.60. The number of ether oxygens (including phenoxy) is 2. The Morgan fingerprint density at radius 1 is 1.08 bits per heavy atom. The van der Waals surface area contributed by atoms with E-state index in [1.807, 2.05) is 42.5 Å². The van der Waals surface area contributed by atoms with Gasteiger partial charge in [0.25, 0.3) is 5.91 Å². The van der Waals surface area contributed by atoms with Crippen molar-refractivity contribution in [1.82, 2.24) is 4.90 Å². The number of aldehydes is 1. The molecule has 2 aromatic carbocycles. The quantitative estimate of drug-likeness (QED) is 0.700. The van der Waals surface area contributed by atoms with Crippen LogP contribution in [0.25, 0.3) is 0 Å². The lowest BCUT2D eigenvalue weighted by molar-refractivity contribution is -0.138. The minimum atomic E-state index is -0.529. The second kappa shape index (κ2) is 8.72. The van der Waals surface area contributed by atoms with Gasteiger partial charge in [0.2, 0.25) is 0 Å². The predicted molar refractivity (Wildman–Crippen MR) is 91.0 cm³/mol. The van der Waals surface area contributed by atoms with Crippen LogP contribution in [0.3, 0.4) is 0 Å². The molecule has 0 fully saturated rings. The van der Waals surface area contributed by atoms with E-state index in [4.69, 9.17) is 9.47 Å². The van der Waals surface area contributed by atoms with Crippen molar-refractivity contribution in [1.29, 1.82) is 0 Å². The topological polar surface area (TPSA) is 55.8 Å². The van der Waals surface area contributed by atoms with E-state index in [1.165, 1.54) is 4.90 Å². The molecule has 24 heavy (non-hydrogen) atoms. The van der Waals surface area contributed by atoms with Gasteiger partial charge in [0.15, 0.2) is 6.61 Å². The number of hydrogen-bond donors (Lipinski definition) is 0. The number of carbonyl (C=O) groups is 2. The van der Waals surface area contributed by atoms with Gasteiger partial charge in [-0.05, 0) is 36.8 Å². The third-order valence-electron chi connectivity index (χ3n) is 3.63. The lowest BCUT2D eigenvalue weighted by atomic mass is 10.1. The maximum atomic E-state index is 12.5. The zero-order valence-electron chi connectivity index (χ0n) is 13.8. The van der Waals surface area contributed by atoms with Crippen LogP contribution in [0.5, 0.6) is 11.5 Å². The van der Waals surface area contributed by atoms with Crippen LogP contribution in [-0.2, 0) is 16.1 Å².